The molecule has 1 aliphatic rings. The van der Waals surface area contributed by atoms with Crippen molar-refractivity contribution < 1.29 is 18.6 Å². The van der Waals surface area contributed by atoms with Crippen molar-refractivity contribution in [2.75, 3.05) is 26.3 Å². The number of hydrogen-bond acceptors (Lipinski definition) is 4. The highest BCUT2D eigenvalue weighted by Crippen LogP contribution is 2.30. The first kappa shape index (κ1) is 26.2. The first-order valence-corrected chi connectivity index (χ1v) is 11.7. The van der Waals surface area contributed by atoms with Gasteiger partial charge < -0.3 is 19.5 Å². The molecule has 3 aromatic rings. The highest BCUT2D eigenvalue weighted by atomic mass is 35.5. The van der Waals surface area contributed by atoms with Gasteiger partial charge in [-0.1, -0.05) is 60.7 Å². The molecule has 34 heavy (non-hydrogen) atoms. The Morgan fingerprint density at radius 2 is 1.62 bits per heavy atom. The van der Waals surface area contributed by atoms with E-state index in [1.54, 1.807) is 12.1 Å². The average molecular weight is 486 g/mol. The van der Waals surface area contributed by atoms with Crippen LogP contribution in [0.15, 0.2) is 78.9 Å². The summed E-state index contributed by atoms with van der Waals surface area (Å²) >= 11 is 0. The van der Waals surface area contributed by atoms with Crippen LogP contribution in [0.5, 0.6) is 5.75 Å². The predicted octanol–water partition coefficient (Wildman–Crippen LogP) is 5.90. The Morgan fingerprint density at radius 1 is 0.853 bits per heavy atom. The predicted molar refractivity (Wildman–Crippen MR) is 135 cm³/mol. The third kappa shape index (κ3) is 7.81. The van der Waals surface area contributed by atoms with Gasteiger partial charge in [0.2, 0.25) is 0 Å². The number of piperidine rings is 1. The number of ether oxygens (including phenoxy) is 3. The van der Waals surface area contributed by atoms with Crippen LogP contribution in [0.4, 0.5) is 4.39 Å². The Balaban J connectivity index is 0.00000324. The van der Waals surface area contributed by atoms with E-state index in [1.165, 1.54) is 17.2 Å². The van der Waals surface area contributed by atoms with Crippen molar-refractivity contribution in [2.24, 2.45) is 0 Å². The summed E-state index contributed by atoms with van der Waals surface area (Å²) in [7, 11) is 0. The van der Waals surface area contributed by atoms with E-state index in [9.17, 15) is 4.39 Å². The minimum absolute atomic E-state index is 0. The molecule has 0 saturated carbocycles. The van der Waals surface area contributed by atoms with Crippen LogP contribution in [0.1, 0.15) is 35.4 Å². The average Bonchev–Trinajstić information content (AvgIpc) is 2.87. The van der Waals surface area contributed by atoms with Gasteiger partial charge in [0.15, 0.2) is 0 Å². The van der Waals surface area contributed by atoms with Crippen LogP contribution in [-0.2, 0) is 22.7 Å². The van der Waals surface area contributed by atoms with Crippen LogP contribution in [0.3, 0.4) is 0 Å². The molecule has 6 heteroatoms. The molecule has 0 aromatic heterocycles. The van der Waals surface area contributed by atoms with Gasteiger partial charge in [-0.05, 0) is 42.3 Å². The molecular weight excluding hydrogens is 453 g/mol. The quantitative estimate of drug-likeness (QED) is 0.343. The van der Waals surface area contributed by atoms with Crippen LogP contribution in [0.25, 0.3) is 0 Å². The normalized spacial score (nSPS) is 17.7. The van der Waals surface area contributed by atoms with Crippen LogP contribution < -0.4 is 10.1 Å². The van der Waals surface area contributed by atoms with Crippen molar-refractivity contribution >= 4 is 12.4 Å². The van der Waals surface area contributed by atoms with Crippen LogP contribution >= 0.6 is 12.4 Å². The minimum Gasteiger partial charge on any atom is -0.494 e. The second kappa shape index (κ2) is 14.1. The molecule has 2 unspecified atom stereocenters. The monoisotopic (exact) mass is 485 g/mol. The van der Waals surface area contributed by atoms with E-state index in [2.05, 4.69) is 29.6 Å². The number of hydrogen-bond donors (Lipinski definition) is 1. The van der Waals surface area contributed by atoms with Gasteiger partial charge in [0.25, 0.3) is 0 Å². The Labute approximate surface area is 207 Å². The second-order valence-corrected chi connectivity index (χ2v) is 8.35. The lowest BCUT2D eigenvalue weighted by Crippen LogP contribution is -2.41. The molecule has 3 aromatic carbocycles. The first-order chi connectivity index (χ1) is 16.3. The molecular formula is C28H33ClFNO3. The van der Waals surface area contributed by atoms with Crippen molar-refractivity contribution in [2.45, 2.75) is 38.1 Å². The van der Waals surface area contributed by atoms with Gasteiger partial charge >= 0.3 is 0 Å². The molecule has 1 fully saturated rings. The lowest BCUT2D eigenvalue weighted by Gasteiger charge is -2.32. The van der Waals surface area contributed by atoms with Crippen molar-refractivity contribution in [3.63, 3.8) is 0 Å². The van der Waals surface area contributed by atoms with Crippen LogP contribution in [-0.4, -0.2) is 32.4 Å². The summed E-state index contributed by atoms with van der Waals surface area (Å²) in [6, 6.07) is 25.3. The maximum Gasteiger partial charge on any atom is 0.128 e. The van der Waals surface area contributed by atoms with Gasteiger partial charge in [0, 0.05) is 24.4 Å². The van der Waals surface area contributed by atoms with Gasteiger partial charge in [-0.2, -0.15) is 0 Å². The Kier molecular flexibility index (Phi) is 10.8. The zero-order valence-corrected chi connectivity index (χ0v) is 20.1. The molecule has 0 amide bonds. The zero-order valence-electron chi connectivity index (χ0n) is 19.3. The molecule has 4 nitrogen and oxygen atoms in total. The molecule has 0 radical (unpaired) electrons. The number of benzene rings is 3. The van der Waals surface area contributed by atoms with Gasteiger partial charge in [-0.3, -0.25) is 0 Å². The summed E-state index contributed by atoms with van der Waals surface area (Å²) in [6.45, 7) is 3.92. The summed E-state index contributed by atoms with van der Waals surface area (Å²) < 4.78 is 31.7. The minimum atomic E-state index is -0.218. The number of halogens is 2. The zero-order chi connectivity index (χ0) is 22.7. The van der Waals surface area contributed by atoms with E-state index in [4.69, 9.17) is 14.2 Å². The smallest absolute Gasteiger partial charge is 0.128 e. The molecule has 1 aliphatic heterocycles. The van der Waals surface area contributed by atoms with Crippen LogP contribution in [0, 0.1) is 5.82 Å². The first-order valence-electron chi connectivity index (χ1n) is 11.7. The second-order valence-electron chi connectivity index (χ2n) is 8.35. The third-order valence-corrected chi connectivity index (χ3v) is 5.96. The van der Waals surface area contributed by atoms with Crippen molar-refractivity contribution in [1.82, 2.24) is 5.32 Å². The molecule has 1 N–H and O–H groups in total. The summed E-state index contributed by atoms with van der Waals surface area (Å²) in [4.78, 5) is 0. The largest absolute Gasteiger partial charge is 0.494 e. The molecule has 1 heterocycles. The van der Waals surface area contributed by atoms with Gasteiger partial charge in [0.1, 0.15) is 11.6 Å². The van der Waals surface area contributed by atoms with E-state index in [-0.39, 0.29) is 36.9 Å². The van der Waals surface area contributed by atoms with Crippen molar-refractivity contribution in [3.05, 3.63) is 101 Å². The van der Waals surface area contributed by atoms with Crippen molar-refractivity contribution in [3.8, 4) is 5.75 Å². The molecule has 4 rings (SSSR count). The van der Waals surface area contributed by atoms with Gasteiger partial charge in [0.05, 0.1) is 32.5 Å². The standard InChI is InChI=1S/C28H32FNO3.ClH/c29-27-10-5-4-9-24(27)21-33-28-19-30-16-15-26(28)23-11-13-25(14-12-23)32-18-6-17-31-20-22-7-2-1-3-8-22;/h1-5,7-14,26,28,30H,6,15-21H2;1H. The Bertz CT molecular complexity index is 971. The molecule has 0 bridgehead atoms. The van der Waals surface area contributed by atoms with E-state index in [0.717, 1.165) is 31.7 Å². The lowest BCUT2D eigenvalue weighted by atomic mass is 9.87. The lowest BCUT2D eigenvalue weighted by molar-refractivity contribution is 0.00938. The van der Waals surface area contributed by atoms with Crippen LogP contribution in [0.2, 0.25) is 0 Å². The van der Waals surface area contributed by atoms with E-state index in [0.29, 0.717) is 25.4 Å². The molecule has 2 atom stereocenters. The molecule has 1 saturated heterocycles. The summed E-state index contributed by atoms with van der Waals surface area (Å²) in [5.74, 6) is 0.919. The van der Waals surface area contributed by atoms with Gasteiger partial charge in [-0.15, -0.1) is 12.4 Å². The summed E-state index contributed by atoms with van der Waals surface area (Å²) in [5.41, 5.74) is 3.01. The number of nitrogens with one attached hydrogen (secondary N) is 1. The highest BCUT2D eigenvalue weighted by Gasteiger charge is 2.27. The third-order valence-electron chi connectivity index (χ3n) is 5.96. The number of rotatable bonds is 11. The molecule has 0 spiro atoms. The van der Waals surface area contributed by atoms with E-state index < -0.39 is 0 Å². The molecule has 182 valence electrons. The maximum absolute atomic E-state index is 13.9. The fraction of sp³-hybridized carbons (Fsp3) is 0.357. The SMILES string of the molecule is Cl.Fc1ccccc1COC1CNCCC1c1ccc(OCCCOCc2ccccc2)cc1. The fourth-order valence-electron chi connectivity index (χ4n) is 4.13. The summed E-state index contributed by atoms with van der Waals surface area (Å²) in [5, 5.41) is 3.40. The van der Waals surface area contributed by atoms with E-state index in [1.807, 2.05) is 36.4 Å². The molecule has 0 aliphatic carbocycles. The highest BCUT2D eigenvalue weighted by molar-refractivity contribution is 5.85. The fourth-order valence-corrected chi connectivity index (χ4v) is 4.13. The topological polar surface area (TPSA) is 39.7 Å². The maximum atomic E-state index is 13.9. The Morgan fingerprint density at radius 3 is 2.41 bits per heavy atom. The Hall–Kier alpha value is -2.44. The van der Waals surface area contributed by atoms with Gasteiger partial charge in [-0.25, -0.2) is 4.39 Å². The van der Waals surface area contributed by atoms with E-state index >= 15 is 0 Å². The van der Waals surface area contributed by atoms with Crippen molar-refractivity contribution in [1.29, 1.82) is 0 Å². The summed E-state index contributed by atoms with van der Waals surface area (Å²) in [6.07, 6.45) is 1.84.